The van der Waals surface area contributed by atoms with Crippen molar-refractivity contribution in [3.8, 4) is 0 Å². The third-order valence-corrected chi connectivity index (χ3v) is 3.01. The van der Waals surface area contributed by atoms with E-state index in [0.29, 0.717) is 6.29 Å². The van der Waals surface area contributed by atoms with Gasteiger partial charge in [-0.2, -0.15) is 0 Å². The van der Waals surface area contributed by atoms with Crippen LogP contribution in [0.1, 0.15) is 5.56 Å². The first kappa shape index (κ1) is 14.0. The topological polar surface area (TPSA) is 49.8 Å². The Labute approximate surface area is 107 Å². The van der Waals surface area contributed by atoms with Crippen molar-refractivity contribution in [1.29, 1.82) is 0 Å². The molecule has 0 saturated carbocycles. The molecule has 1 aromatic carbocycles. The summed E-state index contributed by atoms with van der Waals surface area (Å²) in [5.41, 5.74) is -0.0835. The molecule has 7 heteroatoms. The summed E-state index contributed by atoms with van der Waals surface area (Å²) >= 11 is 0. The van der Waals surface area contributed by atoms with E-state index in [1.807, 2.05) is 0 Å². The van der Waals surface area contributed by atoms with Crippen LogP contribution in [-0.4, -0.2) is 41.8 Å². The zero-order valence-electron chi connectivity index (χ0n) is 9.85. The summed E-state index contributed by atoms with van der Waals surface area (Å²) in [4.78, 5) is 12.3. The molecule has 2 unspecified atom stereocenters. The van der Waals surface area contributed by atoms with E-state index >= 15 is 0 Å². The fourth-order valence-electron chi connectivity index (χ4n) is 1.96. The summed E-state index contributed by atoms with van der Waals surface area (Å²) < 4.78 is 44.3. The van der Waals surface area contributed by atoms with Gasteiger partial charge in [0.25, 0.3) is 0 Å². The lowest BCUT2D eigenvalue weighted by Gasteiger charge is -2.35. The highest BCUT2D eigenvalue weighted by atomic mass is 19.2. The van der Waals surface area contributed by atoms with E-state index < -0.39 is 29.8 Å². The van der Waals surface area contributed by atoms with E-state index in [1.54, 1.807) is 0 Å². The molecular formula is C12H12F3NO3. The monoisotopic (exact) mass is 275 g/mol. The molecule has 1 aliphatic rings. The third-order valence-electron chi connectivity index (χ3n) is 3.01. The molecule has 1 fully saturated rings. The number of benzene rings is 1. The maximum absolute atomic E-state index is 13.5. The van der Waals surface area contributed by atoms with Gasteiger partial charge in [0.2, 0.25) is 0 Å². The quantitative estimate of drug-likeness (QED) is 0.655. The van der Waals surface area contributed by atoms with E-state index in [0.717, 1.165) is 12.1 Å². The van der Waals surface area contributed by atoms with Crippen molar-refractivity contribution >= 4 is 6.29 Å². The van der Waals surface area contributed by atoms with E-state index in [4.69, 9.17) is 4.74 Å². The van der Waals surface area contributed by atoms with Crippen LogP contribution in [0.4, 0.5) is 13.2 Å². The van der Waals surface area contributed by atoms with Gasteiger partial charge in [0.05, 0.1) is 6.61 Å². The molecule has 1 N–H and O–H groups in total. The molecule has 0 aliphatic carbocycles. The van der Waals surface area contributed by atoms with Crippen molar-refractivity contribution in [1.82, 2.24) is 4.90 Å². The Bertz CT molecular complexity index is 484. The lowest BCUT2D eigenvalue weighted by molar-refractivity contribution is -0.180. The van der Waals surface area contributed by atoms with E-state index in [-0.39, 0.29) is 25.3 Å². The first-order chi connectivity index (χ1) is 9.04. The number of aliphatic hydroxyl groups is 1. The molecule has 1 heterocycles. The molecule has 2 atom stereocenters. The van der Waals surface area contributed by atoms with Crippen LogP contribution < -0.4 is 0 Å². The molecule has 0 bridgehead atoms. The SMILES string of the molecule is O=CC1C(O)OCCN1Cc1ccc(F)c(F)c1F. The van der Waals surface area contributed by atoms with Crippen LogP contribution in [0.15, 0.2) is 12.1 Å². The van der Waals surface area contributed by atoms with Gasteiger partial charge in [-0.3, -0.25) is 4.90 Å². The molecule has 0 radical (unpaired) electrons. The average molecular weight is 275 g/mol. The molecule has 0 aromatic heterocycles. The van der Waals surface area contributed by atoms with Gasteiger partial charge in [0.15, 0.2) is 23.7 Å². The first-order valence-electron chi connectivity index (χ1n) is 5.66. The molecular weight excluding hydrogens is 263 g/mol. The Balaban J connectivity index is 2.20. The maximum atomic E-state index is 13.5. The van der Waals surface area contributed by atoms with Crippen molar-refractivity contribution in [2.45, 2.75) is 18.9 Å². The summed E-state index contributed by atoms with van der Waals surface area (Å²) in [5.74, 6) is -4.10. The van der Waals surface area contributed by atoms with Crippen LogP contribution in [0.25, 0.3) is 0 Å². The number of morpholine rings is 1. The highest BCUT2D eigenvalue weighted by Crippen LogP contribution is 2.20. The number of carbonyl (C=O) groups is 1. The van der Waals surface area contributed by atoms with Crippen molar-refractivity contribution in [3.05, 3.63) is 35.1 Å². The lowest BCUT2D eigenvalue weighted by atomic mass is 10.1. The lowest BCUT2D eigenvalue weighted by Crippen LogP contribution is -2.51. The number of halogens is 3. The van der Waals surface area contributed by atoms with Gasteiger partial charge in [0, 0.05) is 18.7 Å². The zero-order valence-corrected chi connectivity index (χ0v) is 9.85. The minimum atomic E-state index is -1.55. The minimum Gasteiger partial charge on any atom is -0.366 e. The second-order valence-corrected chi connectivity index (χ2v) is 4.19. The normalized spacial score (nSPS) is 24.4. The van der Waals surface area contributed by atoms with Crippen molar-refractivity contribution in [2.75, 3.05) is 13.2 Å². The number of rotatable bonds is 3. The van der Waals surface area contributed by atoms with Gasteiger partial charge in [-0.05, 0) is 6.07 Å². The molecule has 0 spiro atoms. The summed E-state index contributed by atoms with van der Waals surface area (Å²) in [6.07, 6.45) is -0.832. The summed E-state index contributed by atoms with van der Waals surface area (Å²) in [7, 11) is 0. The Hall–Kier alpha value is -1.44. The number of nitrogens with zero attached hydrogens (tertiary/aromatic N) is 1. The number of carbonyl (C=O) groups excluding carboxylic acids is 1. The largest absolute Gasteiger partial charge is 0.366 e. The average Bonchev–Trinajstić information content (AvgIpc) is 2.40. The summed E-state index contributed by atoms with van der Waals surface area (Å²) in [6, 6.07) is 0.971. The summed E-state index contributed by atoms with van der Waals surface area (Å²) in [6.45, 7) is 0.322. The molecule has 1 aromatic rings. The fraction of sp³-hybridized carbons (Fsp3) is 0.417. The first-order valence-corrected chi connectivity index (χ1v) is 5.66. The van der Waals surface area contributed by atoms with E-state index in [9.17, 15) is 23.1 Å². The minimum absolute atomic E-state index is 0.0835. The van der Waals surface area contributed by atoms with E-state index in [1.165, 1.54) is 4.90 Å². The van der Waals surface area contributed by atoms with Crippen molar-refractivity contribution in [2.24, 2.45) is 0 Å². The number of ether oxygens (including phenoxy) is 1. The number of aldehydes is 1. The maximum Gasteiger partial charge on any atom is 0.194 e. The molecule has 104 valence electrons. The number of hydrogen-bond donors (Lipinski definition) is 1. The molecule has 4 nitrogen and oxygen atoms in total. The van der Waals surface area contributed by atoms with Crippen LogP contribution >= 0.6 is 0 Å². The van der Waals surface area contributed by atoms with Crippen LogP contribution in [-0.2, 0) is 16.1 Å². The Morgan fingerprint density at radius 1 is 1.37 bits per heavy atom. The Morgan fingerprint density at radius 3 is 2.79 bits per heavy atom. The van der Waals surface area contributed by atoms with Crippen LogP contribution in [0.5, 0.6) is 0 Å². The van der Waals surface area contributed by atoms with Crippen LogP contribution in [0.2, 0.25) is 0 Å². The number of aliphatic hydroxyl groups excluding tert-OH is 1. The smallest absolute Gasteiger partial charge is 0.194 e. The highest BCUT2D eigenvalue weighted by molar-refractivity contribution is 5.58. The van der Waals surface area contributed by atoms with Gasteiger partial charge in [-0.15, -0.1) is 0 Å². The molecule has 1 saturated heterocycles. The highest BCUT2D eigenvalue weighted by Gasteiger charge is 2.31. The van der Waals surface area contributed by atoms with Gasteiger partial charge >= 0.3 is 0 Å². The van der Waals surface area contributed by atoms with E-state index in [2.05, 4.69) is 0 Å². The predicted molar refractivity (Wildman–Crippen MR) is 58.5 cm³/mol. The Kier molecular flexibility index (Phi) is 4.18. The molecule has 0 amide bonds. The molecule has 19 heavy (non-hydrogen) atoms. The van der Waals surface area contributed by atoms with Gasteiger partial charge in [-0.25, -0.2) is 13.2 Å². The van der Waals surface area contributed by atoms with Crippen molar-refractivity contribution < 1.29 is 27.8 Å². The number of hydrogen-bond acceptors (Lipinski definition) is 4. The summed E-state index contributed by atoms with van der Waals surface area (Å²) in [5, 5.41) is 9.46. The second kappa shape index (κ2) is 5.68. The Morgan fingerprint density at radius 2 is 2.11 bits per heavy atom. The van der Waals surface area contributed by atoms with Crippen LogP contribution in [0.3, 0.4) is 0 Å². The van der Waals surface area contributed by atoms with Gasteiger partial charge in [0.1, 0.15) is 12.3 Å². The third kappa shape index (κ3) is 2.78. The molecule has 1 aliphatic heterocycles. The standard InChI is InChI=1S/C12H12F3NO3/c13-8-2-1-7(10(14)11(8)15)5-16-3-4-19-12(18)9(16)6-17/h1-2,6,9,12,18H,3-5H2. The second-order valence-electron chi connectivity index (χ2n) is 4.19. The predicted octanol–water partition coefficient (Wildman–Crippen LogP) is 0.822. The van der Waals surface area contributed by atoms with Crippen LogP contribution in [0, 0.1) is 17.5 Å². The zero-order chi connectivity index (χ0) is 14.0. The van der Waals surface area contributed by atoms with Gasteiger partial charge in [-0.1, -0.05) is 6.07 Å². The fourth-order valence-corrected chi connectivity index (χ4v) is 1.96. The van der Waals surface area contributed by atoms with Gasteiger partial charge < -0.3 is 14.6 Å². The van der Waals surface area contributed by atoms with Crippen molar-refractivity contribution in [3.63, 3.8) is 0 Å². The molecule has 2 rings (SSSR count).